The molecule has 0 bridgehead atoms. The fourth-order valence-corrected chi connectivity index (χ4v) is 1.31. The van der Waals surface area contributed by atoms with Crippen LogP contribution in [0.25, 0.3) is 0 Å². The average molecular weight is 236 g/mol. The number of rotatable bonds is 5. The van der Waals surface area contributed by atoms with E-state index in [0.717, 1.165) is 5.56 Å². The maximum atomic E-state index is 11.4. The van der Waals surface area contributed by atoms with Gasteiger partial charge in [0.2, 0.25) is 0 Å². The third kappa shape index (κ3) is 4.76. The monoisotopic (exact) mass is 236 g/mol. The predicted octanol–water partition coefficient (Wildman–Crippen LogP) is 1.73. The van der Waals surface area contributed by atoms with Gasteiger partial charge in [-0.05, 0) is 30.5 Å². The van der Waals surface area contributed by atoms with Gasteiger partial charge in [-0.2, -0.15) is 0 Å². The van der Waals surface area contributed by atoms with Crippen LogP contribution in [-0.2, 0) is 4.79 Å². The molecule has 1 aromatic rings. The summed E-state index contributed by atoms with van der Waals surface area (Å²) in [5, 5.41) is 2.78. The number of ether oxygens (including phenoxy) is 1. The van der Waals surface area contributed by atoms with Crippen molar-refractivity contribution in [3.05, 3.63) is 23.8 Å². The lowest BCUT2D eigenvalue weighted by molar-refractivity contribution is -0.123. The molecule has 0 aliphatic heterocycles. The summed E-state index contributed by atoms with van der Waals surface area (Å²) < 4.78 is 5.35. The van der Waals surface area contributed by atoms with Crippen LogP contribution in [0.5, 0.6) is 5.75 Å². The van der Waals surface area contributed by atoms with E-state index in [-0.39, 0.29) is 12.5 Å². The van der Waals surface area contributed by atoms with Crippen molar-refractivity contribution in [2.45, 2.75) is 20.8 Å². The standard InChI is InChI=1S/C13H20N2O2/c1-9(2)7-15-13(16)8-17-12-5-4-10(3)6-11(12)14/h4-6,9H,7-8,14H2,1-3H3,(H,15,16). The molecular formula is C13H20N2O2. The number of carbonyl (C=O) groups is 1. The van der Waals surface area contributed by atoms with E-state index in [1.165, 1.54) is 0 Å². The van der Waals surface area contributed by atoms with Crippen molar-refractivity contribution < 1.29 is 9.53 Å². The molecule has 94 valence electrons. The Balaban J connectivity index is 2.42. The van der Waals surface area contributed by atoms with E-state index < -0.39 is 0 Å². The van der Waals surface area contributed by atoms with Crippen molar-refractivity contribution in [2.75, 3.05) is 18.9 Å². The lowest BCUT2D eigenvalue weighted by atomic mass is 10.2. The fourth-order valence-electron chi connectivity index (χ4n) is 1.31. The summed E-state index contributed by atoms with van der Waals surface area (Å²) in [4.78, 5) is 11.4. The van der Waals surface area contributed by atoms with Crippen LogP contribution >= 0.6 is 0 Å². The van der Waals surface area contributed by atoms with Gasteiger partial charge in [-0.3, -0.25) is 4.79 Å². The zero-order valence-corrected chi connectivity index (χ0v) is 10.6. The van der Waals surface area contributed by atoms with Crippen LogP contribution in [0.15, 0.2) is 18.2 Å². The van der Waals surface area contributed by atoms with Gasteiger partial charge in [-0.15, -0.1) is 0 Å². The summed E-state index contributed by atoms with van der Waals surface area (Å²) in [6, 6.07) is 5.50. The molecule has 1 rings (SSSR count). The molecule has 0 aromatic heterocycles. The molecule has 1 aromatic carbocycles. The van der Waals surface area contributed by atoms with Crippen LogP contribution < -0.4 is 15.8 Å². The Hall–Kier alpha value is -1.71. The number of nitrogens with two attached hydrogens (primary N) is 1. The van der Waals surface area contributed by atoms with Crippen LogP contribution in [0.1, 0.15) is 19.4 Å². The molecule has 1 amide bonds. The first kappa shape index (κ1) is 13.4. The molecule has 0 aliphatic rings. The highest BCUT2D eigenvalue weighted by atomic mass is 16.5. The zero-order valence-electron chi connectivity index (χ0n) is 10.6. The van der Waals surface area contributed by atoms with Crippen molar-refractivity contribution >= 4 is 11.6 Å². The SMILES string of the molecule is Cc1ccc(OCC(=O)NCC(C)C)c(N)c1. The van der Waals surface area contributed by atoms with Crippen LogP contribution in [0.3, 0.4) is 0 Å². The van der Waals surface area contributed by atoms with Gasteiger partial charge in [-0.25, -0.2) is 0 Å². The third-order valence-electron chi connectivity index (χ3n) is 2.23. The maximum Gasteiger partial charge on any atom is 0.257 e. The van der Waals surface area contributed by atoms with Gasteiger partial charge >= 0.3 is 0 Å². The molecule has 0 fully saturated rings. The largest absolute Gasteiger partial charge is 0.482 e. The average Bonchev–Trinajstić information content (AvgIpc) is 2.25. The van der Waals surface area contributed by atoms with E-state index in [9.17, 15) is 4.79 Å². The van der Waals surface area contributed by atoms with E-state index in [1.807, 2.05) is 32.9 Å². The number of nitrogens with one attached hydrogen (secondary N) is 1. The number of benzene rings is 1. The Morgan fingerprint density at radius 3 is 2.76 bits per heavy atom. The van der Waals surface area contributed by atoms with Crippen LogP contribution in [-0.4, -0.2) is 19.1 Å². The Kier molecular flexibility index (Phi) is 4.82. The number of aryl methyl sites for hydroxylation is 1. The molecule has 0 aliphatic carbocycles. The van der Waals surface area contributed by atoms with Crippen LogP contribution in [0.2, 0.25) is 0 Å². The molecule has 3 N–H and O–H groups in total. The van der Waals surface area contributed by atoms with Crippen molar-refractivity contribution in [1.82, 2.24) is 5.32 Å². The summed E-state index contributed by atoms with van der Waals surface area (Å²) in [5.74, 6) is 0.859. The molecule has 0 spiro atoms. The lowest BCUT2D eigenvalue weighted by Crippen LogP contribution is -2.31. The number of hydrogen-bond donors (Lipinski definition) is 2. The van der Waals surface area contributed by atoms with Gasteiger partial charge in [0.1, 0.15) is 5.75 Å². The smallest absolute Gasteiger partial charge is 0.257 e. The molecular weight excluding hydrogens is 216 g/mol. The molecule has 0 saturated heterocycles. The quantitative estimate of drug-likeness (QED) is 0.765. The second kappa shape index (κ2) is 6.13. The van der Waals surface area contributed by atoms with Gasteiger partial charge in [0.15, 0.2) is 6.61 Å². The fraction of sp³-hybridized carbons (Fsp3) is 0.462. The zero-order chi connectivity index (χ0) is 12.8. The number of anilines is 1. The van der Waals surface area contributed by atoms with Crippen LogP contribution in [0, 0.1) is 12.8 Å². The van der Waals surface area contributed by atoms with E-state index in [4.69, 9.17) is 10.5 Å². The Labute approximate surface area is 102 Å². The highest BCUT2D eigenvalue weighted by Crippen LogP contribution is 2.21. The second-order valence-corrected chi connectivity index (χ2v) is 4.53. The maximum absolute atomic E-state index is 11.4. The molecule has 0 heterocycles. The van der Waals surface area contributed by atoms with Gasteiger partial charge in [0, 0.05) is 6.54 Å². The molecule has 0 radical (unpaired) electrons. The van der Waals surface area contributed by atoms with Gasteiger partial charge in [-0.1, -0.05) is 19.9 Å². The number of hydrogen-bond acceptors (Lipinski definition) is 3. The Bertz CT molecular complexity index is 389. The molecule has 0 saturated carbocycles. The van der Waals surface area contributed by atoms with E-state index >= 15 is 0 Å². The predicted molar refractivity (Wildman–Crippen MR) is 68.9 cm³/mol. The molecule has 4 heteroatoms. The number of amides is 1. The summed E-state index contributed by atoms with van der Waals surface area (Å²) in [7, 11) is 0. The second-order valence-electron chi connectivity index (χ2n) is 4.53. The third-order valence-corrected chi connectivity index (χ3v) is 2.23. The van der Waals surface area contributed by atoms with E-state index in [2.05, 4.69) is 5.32 Å². The first-order valence-electron chi connectivity index (χ1n) is 5.74. The summed E-state index contributed by atoms with van der Waals surface area (Å²) in [6.45, 7) is 6.69. The Morgan fingerprint density at radius 2 is 2.18 bits per heavy atom. The highest BCUT2D eigenvalue weighted by molar-refractivity contribution is 5.77. The topological polar surface area (TPSA) is 64.3 Å². The van der Waals surface area contributed by atoms with Gasteiger partial charge in [0.25, 0.3) is 5.91 Å². The molecule has 0 atom stereocenters. The summed E-state index contributed by atoms with van der Waals surface area (Å²) in [6.07, 6.45) is 0. The highest BCUT2D eigenvalue weighted by Gasteiger charge is 2.05. The molecule has 0 unspecified atom stereocenters. The number of nitrogen functional groups attached to an aromatic ring is 1. The van der Waals surface area contributed by atoms with Crippen molar-refractivity contribution in [2.24, 2.45) is 5.92 Å². The Morgan fingerprint density at radius 1 is 1.47 bits per heavy atom. The van der Waals surface area contributed by atoms with Crippen molar-refractivity contribution in [3.63, 3.8) is 0 Å². The van der Waals surface area contributed by atoms with Gasteiger partial charge in [0.05, 0.1) is 5.69 Å². The minimum atomic E-state index is -0.126. The van der Waals surface area contributed by atoms with Crippen LogP contribution in [0.4, 0.5) is 5.69 Å². The summed E-state index contributed by atoms with van der Waals surface area (Å²) >= 11 is 0. The molecule has 17 heavy (non-hydrogen) atoms. The minimum Gasteiger partial charge on any atom is -0.482 e. The van der Waals surface area contributed by atoms with E-state index in [1.54, 1.807) is 6.07 Å². The van der Waals surface area contributed by atoms with Crippen molar-refractivity contribution in [1.29, 1.82) is 0 Å². The van der Waals surface area contributed by atoms with E-state index in [0.29, 0.717) is 23.9 Å². The first-order valence-corrected chi connectivity index (χ1v) is 5.74. The van der Waals surface area contributed by atoms with Gasteiger partial charge < -0.3 is 15.8 Å². The van der Waals surface area contributed by atoms with Crippen molar-refractivity contribution in [3.8, 4) is 5.75 Å². The summed E-state index contributed by atoms with van der Waals surface area (Å²) in [5.41, 5.74) is 7.40. The normalized spacial score (nSPS) is 10.4. The number of carbonyl (C=O) groups excluding carboxylic acids is 1. The first-order chi connectivity index (χ1) is 7.99. The lowest BCUT2D eigenvalue weighted by Gasteiger charge is -2.10. The molecule has 4 nitrogen and oxygen atoms in total. The minimum absolute atomic E-state index is 0.0000189.